The molecule has 3 aromatic rings. The van der Waals surface area contributed by atoms with Crippen LogP contribution in [0.15, 0.2) is 47.3 Å². The van der Waals surface area contributed by atoms with Gasteiger partial charge in [-0.1, -0.05) is 18.2 Å². The highest BCUT2D eigenvalue weighted by molar-refractivity contribution is 5.78. The highest BCUT2D eigenvalue weighted by atomic mass is 16.5. The lowest BCUT2D eigenvalue weighted by molar-refractivity contribution is -0.0533. The number of para-hydroxylation sites is 1. The molecule has 1 aromatic heterocycles. The van der Waals surface area contributed by atoms with Gasteiger partial charge in [-0.2, -0.15) is 0 Å². The van der Waals surface area contributed by atoms with Crippen LogP contribution in [-0.4, -0.2) is 26.8 Å². The van der Waals surface area contributed by atoms with Crippen molar-refractivity contribution < 1.29 is 9.84 Å². The van der Waals surface area contributed by atoms with Crippen LogP contribution in [0, 0.1) is 6.57 Å². The Labute approximate surface area is 155 Å². The number of hydrogen-bond donors (Lipinski definition) is 3. The highest BCUT2D eigenvalue weighted by Gasteiger charge is 2.43. The van der Waals surface area contributed by atoms with Crippen LogP contribution in [0.2, 0.25) is 0 Å². The van der Waals surface area contributed by atoms with Gasteiger partial charge in [-0.05, 0) is 38.1 Å². The molecule has 3 N–H and O–H groups in total. The molecular formula is C20H18N4O3. The number of anilines is 1. The van der Waals surface area contributed by atoms with E-state index in [4.69, 9.17) is 11.3 Å². The van der Waals surface area contributed by atoms with Gasteiger partial charge in [0.25, 0.3) is 5.56 Å². The number of fused-ring (bicyclic) bond motifs is 2. The number of aliphatic hydroxyl groups is 1. The number of hydrogen-bond acceptors (Lipinski definition) is 5. The molecule has 7 heteroatoms. The first-order chi connectivity index (χ1) is 12.9. The van der Waals surface area contributed by atoms with Gasteiger partial charge in [-0.25, -0.2) is 9.83 Å². The Kier molecular flexibility index (Phi) is 3.86. The zero-order chi connectivity index (χ0) is 19.2. The molecular weight excluding hydrogens is 344 g/mol. The molecule has 0 aliphatic carbocycles. The molecule has 27 heavy (non-hydrogen) atoms. The molecule has 1 aliphatic rings. The maximum Gasteiger partial charge on any atom is 0.260 e. The summed E-state index contributed by atoms with van der Waals surface area (Å²) >= 11 is 0. The monoisotopic (exact) mass is 362 g/mol. The fourth-order valence-electron chi connectivity index (χ4n) is 3.32. The molecule has 136 valence electrons. The van der Waals surface area contributed by atoms with Crippen LogP contribution in [0.1, 0.15) is 25.5 Å². The fourth-order valence-corrected chi connectivity index (χ4v) is 3.32. The third kappa shape index (κ3) is 2.90. The standard InChI is InChI=1S/C20H18N4O3/c1-20(2)17(25)16(13-10-11(21-3)8-9-15(13)27-20)23-19-22-14-7-5-4-6-12(14)18(26)24-19/h4-10,16-17,25H,1-2H3,(H2,22,23,24,26)/t16-,17+/m1/s1. The van der Waals surface area contributed by atoms with Crippen molar-refractivity contribution in [2.45, 2.75) is 31.6 Å². The number of H-pyrrole nitrogens is 1. The first kappa shape index (κ1) is 17.1. The van der Waals surface area contributed by atoms with Crippen molar-refractivity contribution in [1.82, 2.24) is 9.97 Å². The zero-order valence-corrected chi connectivity index (χ0v) is 14.9. The smallest absolute Gasteiger partial charge is 0.260 e. The van der Waals surface area contributed by atoms with E-state index in [1.165, 1.54) is 0 Å². The number of nitrogens with zero attached hydrogens (tertiary/aromatic N) is 2. The molecule has 2 atom stereocenters. The van der Waals surface area contributed by atoms with Crippen LogP contribution in [0.3, 0.4) is 0 Å². The number of ether oxygens (including phenoxy) is 1. The van der Waals surface area contributed by atoms with Crippen molar-refractivity contribution >= 4 is 22.5 Å². The summed E-state index contributed by atoms with van der Waals surface area (Å²) in [4.78, 5) is 22.9. The Morgan fingerprint density at radius 3 is 2.85 bits per heavy atom. The summed E-state index contributed by atoms with van der Waals surface area (Å²) in [5.41, 5.74) is 0.516. The molecule has 0 bridgehead atoms. The minimum atomic E-state index is -0.928. The van der Waals surface area contributed by atoms with Gasteiger partial charge in [0.05, 0.1) is 23.5 Å². The molecule has 0 spiro atoms. The quantitative estimate of drug-likeness (QED) is 0.609. The second-order valence-corrected chi connectivity index (χ2v) is 7.04. The van der Waals surface area contributed by atoms with E-state index >= 15 is 0 Å². The number of aliphatic hydroxyl groups excluding tert-OH is 1. The summed E-state index contributed by atoms with van der Waals surface area (Å²) in [7, 11) is 0. The average molecular weight is 362 g/mol. The lowest BCUT2D eigenvalue weighted by Crippen LogP contribution is -2.50. The van der Waals surface area contributed by atoms with Crippen molar-refractivity contribution in [3.63, 3.8) is 0 Å². The third-order valence-electron chi connectivity index (χ3n) is 4.76. The van der Waals surface area contributed by atoms with Gasteiger partial charge in [0, 0.05) is 5.56 Å². The first-order valence-electron chi connectivity index (χ1n) is 8.53. The van der Waals surface area contributed by atoms with Gasteiger partial charge >= 0.3 is 0 Å². The van der Waals surface area contributed by atoms with Crippen LogP contribution >= 0.6 is 0 Å². The van der Waals surface area contributed by atoms with Crippen LogP contribution in [0.4, 0.5) is 11.6 Å². The topological polar surface area (TPSA) is 91.6 Å². The molecule has 2 heterocycles. The molecule has 0 unspecified atom stereocenters. The van der Waals surface area contributed by atoms with E-state index in [0.717, 1.165) is 0 Å². The predicted molar refractivity (Wildman–Crippen MR) is 102 cm³/mol. The minimum Gasteiger partial charge on any atom is -0.485 e. The molecule has 0 saturated carbocycles. The second-order valence-electron chi connectivity index (χ2n) is 7.04. The number of aromatic nitrogens is 2. The molecule has 0 fully saturated rings. The highest BCUT2D eigenvalue weighted by Crippen LogP contribution is 2.42. The number of benzene rings is 2. The van der Waals surface area contributed by atoms with Crippen molar-refractivity contribution in [1.29, 1.82) is 0 Å². The van der Waals surface area contributed by atoms with Crippen LogP contribution in [-0.2, 0) is 0 Å². The molecule has 1 aliphatic heterocycles. The summed E-state index contributed by atoms with van der Waals surface area (Å²) in [6.45, 7) is 10.8. The summed E-state index contributed by atoms with van der Waals surface area (Å²) in [5.74, 6) is 0.831. The van der Waals surface area contributed by atoms with Gasteiger partial charge in [0.15, 0.2) is 5.69 Å². The summed E-state index contributed by atoms with van der Waals surface area (Å²) < 4.78 is 5.91. The summed E-state index contributed by atoms with van der Waals surface area (Å²) in [6.07, 6.45) is -0.928. The number of nitrogens with one attached hydrogen (secondary N) is 2. The molecule has 0 amide bonds. The Hall–Kier alpha value is -3.37. The van der Waals surface area contributed by atoms with Gasteiger partial charge < -0.3 is 15.2 Å². The Balaban J connectivity index is 1.81. The van der Waals surface area contributed by atoms with E-state index in [2.05, 4.69) is 20.1 Å². The lowest BCUT2D eigenvalue weighted by atomic mass is 9.86. The summed E-state index contributed by atoms with van der Waals surface area (Å²) in [6, 6.07) is 11.5. The number of aromatic amines is 1. The average Bonchev–Trinajstić information content (AvgIpc) is 2.65. The van der Waals surface area contributed by atoms with E-state index in [-0.39, 0.29) is 11.5 Å². The zero-order valence-electron chi connectivity index (χ0n) is 14.9. The third-order valence-corrected chi connectivity index (χ3v) is 4.76. The van der Waals surface area contributed by atoms with E-state index in [9.17, 15) is 9.90 Å². The van der Waals surface area contributed by atoms with E-state index in [1.807, 2.05) is 6.07 Å². The van der Waals surface area contributed by atoms with E-state index in [0.29, 0.717) is 27.9 Å². The largest absolute Gasteiger partial charge is 0.485 e. The molecule has 0 saturated heterocycles. The SMILES string of the molecule is [C-]#[N+]c1ccc2c(c1)[C@@H](Nc1nc3ccccc3c(=O)[nH]1)[C@H](O)C(C)(C)O2. The van der Waals surface area contributed by atoms with Crippen molar-refractivity contribution in [3.8, 4) is 5.75 Å². The van der Waals surface area contributed by atoms with Crippen LogP contribution in [0.25, 0.3) is 15.7 Å². The van der Waals surface area contributed by atoms with Crippen molar-refractivity contribution in [2.24, 2.45) is 0 Å². The van der Waals surface area contributed by atoms with Gasteiger partial charge in [-0.15, -0.1) is 0 Å². The van der Waals surface area contributed by atoms with E-state index in [1.54, 1.807) is 50.2 Å². The molecule has 0 radical (unpaired) electrons. The maximum atomic E-state index is 12.3. The van der Waals surface area contributed by atoms with Crippen molar-refractivity contribution in [3.05, 3.63) is 69.8 Å². The molecule has 4 rings (SSSR count). The number of rotatable bonds is 2. The van der Waals surface area contributed by atoms with Crippen molar-refractivity contribution in [2.75, 3.05) is 5.32 Å². The molecule has 2 aromatic carbocycles. The first-order valence-corrected chi connectivity index (χ1v) is 8.53. The van der Waals surface area contributed by atoms with Gasteiger partial charge in [-0.3, -0.25) is 9.78 Å². The maximum absolute atomic E-state index is 12.3. The van der Waals surface area contributed by atoms with E-state index < -0.39 is 17.7 Å². The van der Waals surface area contributed by atoms with Gasteiger partial charge in [0.1, 0.15) is 17.5 Å². The Bertz CT molecular complexity index is 1130. The predicted octanol–water partition coefficient (Wildman–Crippen LogP) is 3.16. The summed E-state index contributed by atoms with van der Waals surface area (Å²) in [5, 5.41) is 14.5. The normalized spacial score (nSPS) is 20.4. The fraction of sp³-hybridized carbons (Fsp3) is 0.250. The minimum absolute atomic E-state index is 0.250. The second kappa shape index (κ2) is 6.11. The molecule has 7 nitrogen and oxygen atoms in total. The van der Waals surface area contributed by atoms with Crippen LogP contribution < -0.4 is 15.6 Å². The van der Waals surface area contributed by atoms with Crippen LogP contribution in [0.5, 0.6) is 5.75 Å². The van der Waals surface area contributed by atoms with Gasteiger partial charge in [0.2, 0.25) is 5.95 Å². The Morgan fingerprint density at radius 2 is 2.07 bits per heavy atom. The lowest BCUT2D eigenvalue weighted by Gasteiger charge is -2.42. The Morgan fingerprint density at radius 1 is 1.30 bits per heavy atom.